The molecule has 11 nitrogen and oxygen atoms in total. The maximum absolute atomic E-state index is 13.7. The summed E-state index contributed by atoms with van der Waals surface area (Å²) in [5.74, 6) is -1.82. The molecule has 0 spiro atoms. The molecule has 0 aliphatic carbocycles. The van der Waals surface area contributed by atoms with Gasteiger partial charge in [-0.1, -0.05) is 18.5 Å². The molecule has 1 amide bonds. The van der Waals surface area contributed by atoms with Crippen LogP contribution in [0.3, 0.4) is 0 Å². The van der Waals surface area contributed by atoms with Gasteiger partial charge in [0, 0.05) is 18.4 Å². The molecule has 3 rings (SSSR count). The number of nitrogens with one attached hydrogen (secondary N) is 1. The van der Waals surface area contributed by atoms with Gasteiger partial charge in [0.25, 0.3) is 10.0 Å². The number of alkyl halides is 3. The Morgan fingerprint density at radius 3 is 2.51 bits per heavy atom. The van der Waals surface area contributed by atoms with Gasteiger partial charge in [-0.3, -0.25) is 19.1 Å². The number of sulfonamides is 1. The van der Waals surface area contributed by atoms with Crippen molar-refractivity contribution < 1.29 is 45.8 Å². The Labute approximate surface area is 227 Å². The normalized spacial score (nSPS) is 16.7. The number of aliphatic carboxylic acids is 1. The third-order valence-corrected chi connectivity index (χ3v) is 8.31. The molecule has 2 heterocycles. The number of anilines is 2. The smallest absolute Gasteiger partial charge is 0.427 e. The lowest BCUT2D eigenvalue weighted by Gasteiger charge is -2.36. The van der Waals surface area contributed by atoms with Gasteiger partial charge in [-0.05, 0) is 51.8 Å². The summed E-state index contributed by atoms with van der Waals surface area (Å²) < 4.78 is 79.5. The van der Waals surface area contributed by atoms with E-state index in [0.29, 0.717) is 20.4 Å². The number of aromatic nitrogens is 2. The largest absolute Gasteiger partial charge is 0.486 e. The number of fused-ring (bicyclic) bond motifs is 1. The highest BCUT2D eigenvalue weighted by Gasteiger charge is 2.51. The fourth-order valence-electron chi connectivity index (χ4n) is 3.77. The van der Waals surface area contributed by atoms with Crippen LogP contribution >= 0.6 is 11.6 Å². The van der Waals surface area contributed by atoms with E-state index in [2.05, 4.69) is 15.2 Å². The van der Waals surface area contributed by atoms with Gasteiger partial charge in [-0.25, -0.2) is 13.2 Å². The van der Waals surface area contributed by atoms with E-state index < -0.39 is 45.9 Å². The summed E-state index contributed by atoms with van der Waals surface area (Å²) in [5, 5.41) is 15.3. The van der Waals surface area contributed by atoms with Crippen molar-refractivity contribution in [2.24, 2.45) is 5.92 Å². The van der Waals surface area contributed by atoms with Crippen LogP contribution in [0.4, 0.5) is 29.3 Å². The zero-order valence-electron chi connectivity index (χ0n) is 21.5. The van der Waals surface area contributed by atoms with Crippen LogP contribution < -0.4 is 14.4 Å². The first-order chi connectivity index (χ1) is 18.0. The lowest BCUT2D eigenvalue weighted by molar-refractivity contribution is -0.242. The number of hydrogen-bond acceptors (Lipinski definition) is 7. The Bertz CT molecular complexity index is 1350. The molecule has 2 aromatic rings. The molecule has 1 aromatic carbocycles. The van der Waals surface area contributed by atoms with Gasteiger partial charge in [0.2, 0.25) is 5.60 Å². The summed E-state index contributed by atoms with van der Waals surface area (Å²) >= 11 is 6.13. The average Bonchev–Trinajstić information content (AvgIpc) is 3.22. The molecule has 0 saturated heterocycles. The van der Waals surface area contributed by atoms with Crippen LogP contribution in [0.25, 0.3) is 0 Å². The first-order valence-electron chi connectivity index (χ1n) is 11.9. The number of carbonyl (C=O) groups is 2. The molecule has 16 heteroatoms. The first-order valence-corrected chi connectivity index (χ1v) is 13.7. The van der Waals surface area contributed by atoms with Crippen molar-refractivity contribution in [1.82, 2.24) is 9.78 Å². The monoisotopic (exact) mass is 596 g/mol. The molecule has 39 heavy (non-hydrogen) atoms. The van der Waals surface area contributed by atoms with Crippen molar-refractivity contribution in [2.75, 3.05) is 16.2 Å². The second-order valence-corrected chi connectivity index (χ2v) is 11.5. The Hall–Kier alpha value is -3.20. The van der Waals surface area contributed by atoms with Gasteiger partial charge in [-0.15, -0.1) is 0 Å². The Kier molecular flexibility index (Phi) is 8.65. The summed E-state index contributed by atoms with van der Waals surface area (Å²) in [6.45, 7) is 4.81. The molecule has 2 unspecified atom stereocenters. The number of amides is 1. The van der Waals surface area contributed by atoms with Gasteiger partial charge >= 0.3 is 18.2 Å². The van der Waals surface area contributed by atoms with Crippen LogP contribution in [0, 0.1) is 5.92 Å². The number of carboxylic acid groups (broad SMARTS) is 1. The van der Waals surface area contributed by atoms with E-state index in [-0.39, 0.29) is 46.6 Å². The number of benzene rings is 1. The fourth-order valence-corrected chi connectivity index (χ4v) is 5.71. The quantitative estimate of drug-likeness (QED) is 0.416. The number of hydrogen-bond donors (Lipinski definition) is 2. The highest BCUT2D eigenvalue weighted by Crippen LogP contribution is 2.41. The van der Waals surface area contributed by atoms with Gasteiger partial charge in [-0.2, -0.15) is 18.3 Å². The Morgan fingerprint density at radius 2 is 1.97 bits per heavy atom. The topological polar surface area (TPSA) is 140 Å². The molecule has 1 aliphatic heterocycles. The number of aryl methyl sites for hydroxylation is 1. The molecular formula is C23H28ClF3N4O7S. The summed E-state index contributed by atoms with van der Waals surface area (Å²) in [6.07, 6.45) is -5.58. The Morgan fingerprint density at radius 1 is 1.31 bits per heavy atom. The standard InChI is InChI=1S/C23H28ClF3N4O7S/c1-5-13(20(32)33)9-15-11-31(39(35,36)18-12-30(6-2)29-19(18)24)16-10-14(7-8-17(16)37-15)28-21(34)38-22(3,4)23(25,26)27/h7-8,10,12-13,15H,5-6,9,11H2,1-4H3,(H,28,34)(H,32,33). The van der Waals surface area contributed by atoms with E-state index in [1.807, 2.05) is 0 Å². The van der Waals surface area contributed by atoms with Gasteiger partial charge in [0.05, 0.1) is 18.2 Å². The van der Waals surface area contributed by atoms with Gasteiger partial charge in [0.15, 0.2) is 5.15 Å². The van der Waals surface area contributed by atoms with Crippen LogP contribution in [-0.4, -0.2) is 59.8 Å². The number of carboxylic acids is 1. The molecule has 2 atom stereocenters. The Balaban J connectivity index is 2.01. The van der Waals surface area contributed by atoms with E-state index in [1.165, 1.54) is 29.1 Å². The van der Waals surface area contributed by atoms with Crippen LogP contribution in [0.15, 0.2) is 29.3 Å². The van der Waals surface area contributed by atoms with Crippen LogP contribution in [0.2, 0.25) is 5.15 Å². The van der Waals surface area contributed by atoms with Crippen LogP contribution in [0.1, 0.15) is 40.5 Å². The SMILES string of the molecule is CCC(CC1CN(S(=O)(=O)c2cn(CC)nc2Cl)c2cc(NC(=O)OC(C)(C)C(F)(F)F)ccc2O1)C(=O)O. The van der Waals surface area contributed by atoms with E-state index in [4.69, 9.17) is 16.3 Å². The van der Waals surface area contributed by atoms with Crippen LogP contribution in [0.5, 0.6) is 5.75 Å². The van der Waals surface area contributed by atoms with Gasteiger partial charge < -0.3 is 14.6 Å². The van der Waals surface area contributed by atoms with Crippen molar-refractivity contribution in [3.8, 4) is 5.75 Å². The summed E-state index contributed by atoms with van der Waals surface area (Å²) in [6, 6.07) is 3.79. The minimum Gasteiger partial charge on any atom is -0.486 e. The predicted octanol–water partition coefficient (Wildman–Crippen LogP) is 4.90. The average molecular weight is 597 g/mol. The highest BCUT2D eigenvalue weighted by molar-refractivity contribution is 7.93. The molecule has 1 aliphatic rings. The predicted molar refractivity (Wildman–Crippen MR) is 135 cm³/mol. The minimum absolute atomic E-state index is 0.00189. The highest BCUT2D eigenvalue weighted by atomic mass is 35.5. The molecule has 216 valence electrons. The summed E-state index contributed by atoms with van der Waals surface area (Å²) in [5.41, 5.74) is -2.92. The van der Waals surface area contributed by atoms with E-state index in [0.717, 1.165) is 4.31 Å². The molecule has 0 bridgehead atoms. The zero-order chi connectivity index (χ0) is 29.3. The number of nitrogens with zero attached hydrogens (tertiary/aromatic N) is 3. The molecule has 2 N–H and O–H groups in total. The number of rotatable bonds is 9. The van der Waals surface area contributed by atoms with Gasteiger partial charge in [0.1, 0.15) is 16.7 Å². The van der Waals surface area contributed by atoms with E-state index >= 15 is 0 Å². The second-order valence-electron chi connectivity index (χ2n) is 9.30. The fraction of sp³-hybridized carbons (Fsp3) is 0.522. The number of ether oxygens (including phenoxy) is 2. The molecule has 0 fully saturated rings. The number of carbonyl (C=O) groups excluding carboxylic acids is 1. The van der Waals surface area contributed by atoms with E-state index in [9.17, 15) is 36.3 Å². The van der Waals surface area contributed by atoms with Crippen molar-refractivity contribution in [3.05, 3.63) is 29.5 Å². The molecule has 1 aromatic heterocycles. The third-order valence-electron chi connectivity index (χ3n) is 6.13. The van der Waals surface area contributed by atoms with Crippen molar-refractivity contribution in [3.63, 3.8) is 0 Å². The van der Waals surface area contributed by atoms with E-state index in [1.54, 1.807) is 13.8 Å². The van der Waals surface area contributed by atoms with Crippen molar-refractivity contribution in [1.29, 1.82) is 0 Å². The third kappa shape index (κ3) is 6.52. The summed E-state index contributed by atoms with van der Waals surface area (Å²) in [4.78, 5) is 23.5. The summed E-state index contributed by atoms with van der Waals surface area (Å²) in [7, 11) is -4.39. The minimum atomic E-state index is -4.83. The van der Waals surface area contributed by atoms with Crippen molar-refractivity contribution >= 4 is 45.1 Å². The molecular weight excluding hydrogens is 569 g/mol. The first kappa shape index (κ1) is 30.3. The molecule has 0 saturated carbocycles. The molecule has 0 radical (unpaired) electrons. The lowest BCUT2D eigenvalue weighted by Crippen LogP contribution is -2.45. The maximum Gasteiger partial charge on any atom is 0.427 e. The lowest BCUT2D eigenvalue weighted by atomic mass is 9.98. The van der Waals surface area contributed by atoms with Crippen molar-refractivity contribution in [2.45, 2.75) is 69.9 Å². The maximum atomic E-state index is 13.7. The van der Waals surface area contributed by atoms with Crippen LogP contribution in [-0.2, 0) is 26.1 Å². The zero-order valence-corrected chi connectivity index (χ0v) is 23.0. The second kappa shape index (κ2) is 11.1. The number of halogens is 4.